The first-order chi connectivity index (χ1) is 16.8. The van der Waals surface area contributed by atoms with Gasteiger partial charge in [0.05, 0.1) is 29.8 Å². The van der Waals surface area contributed by atoms with E-state index in [0.29, 0.717) is 29.5 Å². The number of aryl methyl sites for hydroxylation is 1. The van der Waals surface area contributed by atoms with E-state index in [9.17, 15) is 8.42 Å². The lowest BCUT2D eigenvalue weighted by molar-refractivity contribution is 0.162. The van der Waals surface area contributed by atoms with Crippen molar-refractivity contribution in [2.45, 2.75) is 38.4 Å². The Morgan fingerprint density at radius 1 is 1.14 bits per heavy atom. The summed E-state index contributed by atoms with van der Waals surface area (Å²) in [7, 11) is -3.60. The minimum Gasteiger partial charge on any atom is -0.329 e. The molecule has 0 aliphatic carbocycles. The van der Waals surface area contributed by atoms with Crippen LogP contribution >= 0.6 is 11.6 Å². The molecule has 3 aromatic rings. The molecule has 1 aromatic heterocycles. The predicted molar refractivity (Wildman–Crippen MR) is 137 cm³/mol. The van der Waals surface area contributed by atoms with Crippen molar-refractivity contribution < 1.29 is 8.42 Å². The average molecular weight is 511 g/mol. The van der Waals surface area contributed by atoms with Crippen LogP contribution < -0.4 is 9.03 Å². The molecule has 8 nitrogen and oxygen atoms in total. The van der Waals surface area contributed by atoms with Gasteiger partial charge in [0.2, 0.25) is 0 Å². The molecule has 2 fully saturated rings. The Labute approximate surface area is 211 Å². The van der Waals surface area contributed by atoms with Gasteiger partial charge in [-0.15, -0.1) is 0 Å². The molecule has 3 heterocycles. The maximum atomic E-state index is 13.0. The standard InChI is InChI=1S/C25H27ClN6O2S/c1-19-13-22(7-8-24(19)26)32-25(17-29-35(32,33)34)9-11-30(12-10-25)16-23-14-28-18-31(23)15-20-3-5-21(27-2)6-4-20/h3-8,13-14,18,29H,9-12,15-17H2,1H3. The molecule has 1 N–H and O–H groups in total. The van der Waals surface area contributed by atoms with Gasteiger partial charge in [-0.2, -0.15) is 13.1 Å². The lowest BCUT2D eigenvalue weighted by atomic mass is 9.87. The first-order valence-electron chi connectivity index (χ1n) is 11.5. The number of likely N-dealkylation sites (tertiary alicyclic amines) is 1. The molecule has 1 spiro atoms. The largest absolute Gasteiger partial charge is 0.329 e. The summed E-state index contributed by atoms with van der Waals surface area (Å²) in [5, 5.41) is 0.626. The summed E-state index contributed by atoms with van der Waals surface area (Å²) in [5.41, 5.74) is 3.89. The Hall–Kier alpha value is -2.90. The monoisotopic (exact) mass is 510 g/mol. The highest BCUT2D eigenvalue weighted by atomic mass is 35.5. The zero-order valence-corrected chi connectivity index (χ0v) is 21.1. The predicted octanol–water partition coefficient (Wildman–Crippen LogP) is 4.13. The number of hydrogen-bond donors (Lipinski definition) is 1. The van der Waals surface area contributed by atoms with Crippen molar-refractivity contribution >= 4 is 33.2 Å². The van der Waals surface area contributed by atoms with Gasteiger partial charge in [0.15, 0.2) is 5.69 Å². The van der Waals surface area contributed by atoms with E-state index < -0.39 is 15.7 Å². The number of hydrogen-bond acceptors (Lipinski definition) is 4. The Kier molecular flexibility index (Phi) is 6.32. The summed E-state index contributed by atoms with van der Waals surface area (Å²) in [6.45, 7) is 12.4. The highest BCUT2D eigenvalue weighted by Crippen LogP contribution is 2.40. The third-order valence-electron chi connectivity index (χ3n) is 7.02. The fourth-order valence-electron chi connectivity index (χ4n) is 5.02. The van der Waals surface area contributed by atoms with Crippen LogP contribution in [0.25, 0.3) is 4.85 Å². The zero-order valence-electron chi connectivity index (χ0n) is 19.5. The molecule has 5 rings (SSSR count). The van der Waals surface area contributed by atoms with Gasteiger partial charge in [-0.05, 0) is 49.1 Å². The number of nitrogens with one attached hydrogen (secondary N) is 1. The third kappa shape index (κ3) is 4.67. The quantitative estimate of drug-likeness (QED) is 0.524. The Morgan fingerprint density at radius 3 is 2.57 bits per heavy atom. The van der Waals surface area contributed by atoms with Gasteiger partial charge in [0.25, 0.3) is 0 Å². The maximum absolute atomic E-state index is 13.0. The number of imidazole rings is 1. The van der Waals surface area contributed by atoms with Crippen LogP contribution in [-0.2, 0) is 23.3 Å². The molecule has 182 valence electrons. The number of rotatable bonds is 5. The number of aromatic nitrogens is 2. The minimum absolute atomic E-state index is 0.406. The summed E-state index contributed by atoms with van der Waals surface area (Å²) < 4.78 is 32.4. The highest BCUT2D eigenvalue weighted by molar-refractivity contribution is 7.91. The van der Waals surface area contributed by atoms with Gasteiger partial charge in [-0.3, -0.25) is 9.21 Å². The van der Waals surface area contributed by atoms with Crippen molar-refractivity contribution in [3.8, 4) is 0 Å². The molecule has 2 saturated heterocycles. The van der Waals surface area contributed by atoms with Crippen LogP contribution in [0.4, 0.5) is 11.4 Å². The van der Waals surface area contributed by atoms with Gasteiger partial charge >= 0.3 is 10.2 Å². The summed E-state index contributed by atoms with van der Waals surface area (Å²) in [6, 6.07) is 13.0. The van der Waals surface area contributed by atoms with Gasteiger partial charge in [-0.1, -0.05) is 35.9 Å². The molecule has 10 heteroatoms. The number of nitrogens with zero attached hydrogens (tertiary/aromatic N) is 5. The average Bonchev–Trinajstić information content (AvgIpc) is 3.39. The van der Waals surface area contributed by atoms with Crippen LogP contribution in [0.5, 0.6) is 0 Å². The van der Waals surface area contributed by atoms with Gasteiger partial charge < -0.3 is 4.57 Å². The van der Waals surface area contributed by atoms with Crippen molar-refractivity contribution in [3.05, 3.63) is 88.2 Å². The van der Waals surface area contributed by atoms with Crippen LogP contribution in [0, 0.1) is 13.5 Å². The van der Waals surface area contributed by atoms with E-state index in [1.54, 1.807) is 16.4 Å². The second kappa shape index (κ2) is 9.28. The van der Waals surface area contributed by atoms with Crippen molar-refractivity contribution in [2.75, 3.05) is 23.9 Å². The highest BCUT2D eigenvalue weighted by Gasteiger charge is 2.51. The molecular formula is C25H27ClN6O2S. The molecule has 0 atom stereocenters. The Morgan fingerprint density at radius 2 is 1.89 bits per heavy atom. The van der Waals surface area contributed by atoms with Crippen LogP contribution in [0.2, 0.25) is 5.02 Å². The fourth-order valence-corrected chi connectivity index (χ4v) is 6.86. The normalized spacial score (nSPS) is 19.2. The second-order valence-electron chi connectivity index (χ2n) is 9.32. The Bertz CT molecular complexity index is 1370. The molecule has 0 bridgehead atoms. The summed E-state index contributed by atoms with van der Waals surface area (Å²) in [6.07, 6.45) is 5.18. The van der Waals surface area contributed by atoms with Crippen LogP contribution in [0.1, 0.15) is 29.7 Å². The maximum Gasteiger partial charge on any atom is 0.302 e. The van der Waals surface area contributed by atoms with Crippen LogP contribution in [0.3, 0.4) is 0 Å². The van der Waals surface area contributed by atoms with Crippen LogP contribution in [0.15, 0.2) is 55.0 Å². The molecule has 0 unspecified atom stereocenters. The van der Waals surface area contributed by atoms with Crippen molar-refractivity contribution in [3.63, 3.8) is 0 Å². The number of benzene rings is 2. The molecule has 35 heavy (non-hydrogen) atoms. The Balaban J connectivity index is 1.29. The van der Waals surface area contributed by atoms with Gasteiger partial charge in [0.1, 0.15) is 0 Å². The third-order valence-corrected chi connectivity index (χ3v) is 9.03. The molecule has 0 amide bonds. The van der Waals surface area contributed by atoms with E-state index in [-0.39, 0.29) is 0 Å². The summed E-state index contributed by atoms with van der Waals surface area (Å²) in [5.74, 6) is 0. The minimum atomic E-state index is -3.60. The van der Waals surface area contributed by atoms with E-state index in [2.05, 4.69) is 24.0 Å². The van der Waals surface area contributed by atoms with E-state index in [4.69, 9.17) is 18.2 Å². The second-order valence-corrected chi connectivity index (χ2v) is 11.3. The van der Waals surface area contributed by atoms with Crippen molar-refractivity contribution in [1.82, 2.24) is 19.2 Å². The first-order valence-corrected chi connectivity index (χ1v) is 13.4. The zero-order chi connectivity index (χ0) is 24.6. The molecule has 0 radical (unpaired) electrons. The first kappa shape index (κ1) is 23.8. The lowest BCUT2D eigenvalue weighted by Gasteiger charge is -2.43. The number of piperidine rings is 1. The molecule has 2 aromatic carbocycles. The fraction of sp³-hybridized carbons (Fsp3) is 0.360. The van der Waals surface area contributed by atoms with E-state index in [1.807, 2.05) is 49.8 Å². The van der Waals surface area contributed by atoms with Crippen molar-refractivity contribution in [1.29, 1.82) is 0 Å². The summed E-state index contributed by atoms with van der Waals surface area (Å²) in [4.78, 5) is 10.2. The van der Waals surface area contributed by atoms with Gasteiger partial charge in [0, 0.05) is 43.9 Å². The smallest absolute Gasteiger partial charge is 0.302 e. The van der Waals surface area contributed by atoms with E-state index >= 15 is 0 Å². The SMILES string of the molecule is [C-]#[N+]c1ccc(Cn2cncc2CN2CCC3(CC2)CNS(=O)(=O)N3c2ccc(Cl)c(C)c2)cc1. The van der Waals surface area contributed by atoms with E-state index in [0.717, 1.165) is 49.3 Å². The topological polar surface area (TPSA) is 74.8 Å². The molecular weight excluding hydrogens is 484 g/mol. The molecule has 2 aliphatic heterocycles. The van der Waals surface area contributed by atoms with Crippen molar-refractivity contribution in [2.24, 2.45) is 0 Å². The molecule has 2 aliphatic rings. The van der Waals surface area contributed by atoms with Gasteiger partial charge in [-0.25, -0.2) is 9.83 Å². The lowest BCUT2D eigenvalue weighted by Crippen LogP contribution is -2.54. The molecule has 0 saturated carbocycles. The summed E-state index contributed by atoms with van der Waals surface area (Å²) >= 11 is 6.19. The van der Waals surface area contributed by atoms with E-state index in [1.165, 1.54) is 0 Å². The van der Waals surface area contributed by atoms with Crippen LogP contribution in [-0.4, -0.2) is 48.0 Å². The number of halogens is 1. The number of anilines is 1.